The number of halogens is 4. The molecule has 0 aliphatic rings. The van der Waals surface area contributed by atoms with Crippen LogP contribution in [0.2, 0.25) is 5.02 Å². The Hall–Kier alpha value is -1.07. The van der Waals surface area contributed by atoms with Crippen LogP contribution in [0.15, 0.2) is 18.2 Å². The summed E-state index contributed by atoms with van der Waals surface area (Å²) in [6.07, 6.45) is -2.55. The summed E-state index contributed by atoms with van der Waals surface area (Å²) >= 11 is 5.36. The van der Waals surface area contributed by atoms with Crippen molar-refractivity contribution in [2.24, 2.45) is 0 Å². The Bertz CT molecular complexity index is 447. The quantitative estimate of drug-likeness (QED) is 0.800. The Morgan fingerprint density at radius 2 is 1.90 bits per heavy atom. The monoisotopic (exact) mass is 323 g/mol. The molecule has 0 aliphatic heterocycles. The lowest BCUT2D eigenvalue weighted by molar-refractivity contribution is -0.137. The number of hydrogen-bond donors (Lipinski definition) is 1. The third kappa shape index (κ3) is 9.47. The summed E-state index contributed by atoms with van der Waals surface area (Å²) < 4.78 is 36.4. The van der Waals surface area contributed by atoms with Crippen LogP contribution in [-0.4, -0.2) is 18.9 Å². The molecular formula is C15H21ClF3NO. The summed E-state index contributed by atoms with van der Waals surface area (Å²) in [6, 6.07) is 3.82. The van der Waals surface area contributed by atoms with Crippen LogP contribution in [0, 0.1) is 6.92 Å². The van der Waals surface area contributed by atoms with Gasteiger partial charge in [0.15, 0.2) is 0 Å². The summed E-state index contributed by atoms with van der Waals surface area (Å²) in [5.41, 5.74) is -0.226. The van der Waals surface area contributed by atoms with Crippen molar-refractivity contribution in [3.8, 4) is 0 Å². The molecule has 2 nitrogen and oxygen atoms in total. The summed E-state index contributed by atoms with van der Waals surface area (Å²) in [5, 5.41) is 2.89. The number of benzene rings is 1. The van der Waals surface area contributed by atoms with Crippen molar-refractivity contribution in [1.82, 2.24) is 5.32 Å². The van der Waals surface area contributed by atoms with E-state index >= 15 is 0 Å². The molecule has 0 saturated heterocycles. The Labute approximate surface area is 128 Å². The fourth-order valence-corrected chi connectivity index (χ4v) is 1.65. The third-order valence-electron chi connectivity index (χ3n) is 2.51. The van der Waals surface area contributed by atoms with Crippen LogP contribution in [0.3, 0.4) is 0 Å². The highest BCUT2D eigenvalue weighted by Crippen LogP contribution is 2.34. The van der Waals surface area contributed by atoms with E-state index in [1.165, 1.54) is 12.1 Å². The highest BCUT2D eigenvalue weighted by molar-refractivity contribution is 6.31. The minimum absolute atomic E-state index is 0.256. The van der Waals surface area contributed by atoms with E-state index in [1.54, 1.807) is 13.8 Å². The summed E-state index contributed by atoms with van der Waals surface area (Å²) in [5.74, 6) is 0.263. The summed E-state index contributed by atoms with van der Waals surface area (Å²) in [6.45, 7) is 7.18. The van der Waals surface area contributed by atoms with E-state index in [0.29, 0.717) is 12.0 Å². The first-order chi connectivity index (χ1) is 9.68. The zero-order valence-electron chi connectivity index (χ0n) is 12.5. The van der Waals surface area contributed by atoms with Crippen molar-refractivity contribution < 1.29 is 18.0 Å². The minimum Gasteiger partial charge on any atom is -0.316 e. The molecule has 0 unspecified atom stereocenters. The Balaban J connectivity index is 0.000000400. The Morgan fingerprint density at radius 1 is 1.29 bits per heavy atom. The van der Waals surface area contributed by atoms with E-state index in [0.717, 1.165) is 25.6 Å². The van der Waals surface area contributed by atoms with Crippen LogP contribution in [0.1, 0.15) is 37.8 Å². The number of ketones is 1. The number of aryl methyl sites for hydroxylation is 1. The van der Waals surface area contributed by atoms with Gasteiger partial charge in [-0.15, -0.1) is 0 Å². The second-order valence-corrected chi connectivity index (χ2v) is 5.09. The molecule has 0 radical (unpaired) electrons. The van der Waals surface area contributed by atoms with Gasteiger partial charge in [-0.25, -0.2) is 0 Å². The van der Waals surface area contributed by atoms with E-state index < -0.39 is 11.7 Å². The van der Waals surface area contributed by atoms with Crippen molar-refractivity contribution in [3.05, 3.63) is 34.3 Å². The van der Waals surface area contributed by atoms with Crippen LogP contribution in [0.25, 0.3) is 0 Å². The van der Waals surface area contributed by atoms with E-state index in [1.807, 2.05) is 0 Å². The van der Waals surface area contributed by atoms with Gasteiger partial charge in [-0.05, 0) is 38.9 Å². The summed E-state index contributed by atoms with van der Waals surface area (Å²) in [4.78, 5) is 10.4. The van der Waals surface area contributed by atoms with Gasteiger partial charge in [-0.1, -0.05) is 30.2 Å². The second-order valence-electron chi connectivity index (χ2n) is 4.68. The molecule has 0 amide bonds. The SMILES string of the molecule is CCCNCCC(C)=O.Cc1ccc(Cl)c(C(F)(F)F)c1. The zero-order valence-corrected chi connectivity index (χ0v) is 13.2. The molecule has 0 fully saturated rings. The van der Waals surface area contributed by atoms with E-state index in [-0.39, 0.29) is 10.8 Å². The molecule has 1 aromatic carbocycles. The normalized spacial score (nSPS) is 10.8. The van der Waals surface area contributed by atoms with Crippen LogP contribution in [-0.2, 0) is 11.0 Å². The molecule has 0 aromatic heterocycles. The van der Waals surface area contributed by atoms with Gasteiger partial charge in [-0.2, -0.15) is 13.2 Å². The molecule has 0 aliphatic carbocycles. The van der Waals surface area contributed by atoms with Gasteiger partial charge >= 0.3 is 6.18 Å². The highest BCUT2D eigenvalue weighted by atomic mass is 35.5. The fourth-order valence-electron chi connectivity index (χ4n) is 1.42. The number of hydrogen-bond acceptors (Lipinski definition) is 2. The lowest BCUT2D eigenvalue weighted by Crippen LogP contribution is -2.17. The minimum atomic E-state index is -4.36. The van der Waals surface area contributed by atoms with Crippen molar-refractivity contribution in [2.45, 2.75) is 39.8 Å². The number of carbonyl (C=O) groups is 1. The standard InChI is InChI=1S/C8H6ClF3.C7H15NO/c1-5-2-3-7(9)6(4-5)8(10,11)12;1-3-5-8-6-4-7(2)9/h2-4H,1H3;8H,3-6H2,1-2H3. The molecule has 21 heavy (non-hydrogen) atoms. The number of alkyl halides is 3. The topological polar surface area (TPSA) is 29.1 Å². The van der Waals surface area contributed by atoms with Gasteiger partial charge in [0.05, 0.1) is 10.6 Å². The van der Waals surface area contributed by atoms with E-state index in [9.17, 15) is 18.0 Å². The Kier molecular flexibility index (Phi) is 9.29. The molecule has 1 rings (SSSR count). The molecule has 0 spiro atoms. The van der Waals surface area contributed by atoms with Gasteiger partial charge in [0.1, 0.15) is 5.78 Å². The maximum Gasteiger partial charge on any atom is 0.417 e. The number of Topliss-reactive ketones (excluding diaryl/α,β-unsaturated/α-hetero) is 1. The predicted octanol–water partition coefficient (Wildman–Crippen LogP) is 4.63. The lowest BCUT2D eigenvalue weighted by atomic mass is 10.1. The van der Waals surface area contributed by atoms with Gasteiger partial charge < -0.3 is 5.32 Å². The van der Waals surface area contributed by atoms with Crippen LogP contribution in [0.4, 0.5) is 13.2 Å². The van der Waals surface area contributed by atoms with Crippen LogP contribution >= 0.6 is 11.6 Å². The molecule has 1 aromatic rings. The number of carbonyl (C=O) groups excluding carboxylic acids is 1. The lowest BCUT2D eigenvalue weighted by Gasteiger charge is -2.08. The van der Waals surface area contributed by atoms with Crippen molar-refractivity contribution in [2.75, 3.05) is 13.1 Å². The molecule has 1 N–H and O–H groups in total. The largest absolute Gasteiger partial charge is 0.417 e. The maximum atomic E-state index is 12.1. The highest BCUT2D eigenvalue weighted by Gasteiger charge is 2.32. The fraction of sp³-hybridized carbons (Fsp3) is 0.533. The molecule has 120 valence electrons. The Morgan fingerprint density at radius 3 is 2.33 bits per heavy atom. The average Bonchev–Trinajstić information content (AvgIpc) is 2.37. The molecule has 0 saturated carbocycles. The van der Waals surface area contributed by atoms with Gasteiger partial charge in [-0.3, -0.25) is 4.79 Å². The average molecular weight is 324 g/mol. The molecule has 6 heteroatoms. The van der Waals surface area contributed by atoms with Gasteiger partial charge in [0.2, 0.25) is 0 Å². The first kappa shape index (κ1) is 19.9. The number of rotatable bonds is 5. The van der Waals surface area contributed by atoms with Crippen LogP contribution < -0.4 is 5.32 Å². The van der Waals surface area contributed by atoms with Gasteiger partial charge in [0, 0.05) is 13.0 Å². The molecular weight excluding hydrogens is 303 g/mol. The molecule has 0 heterocycles. The maximum absolute atomic E-state index is 12.1. The van der Waals surface area contributed by atoms with Crippen molar-refractivity contribution in [3.63, 3.8) is 0 Å². The third-order valence-corrected chi connectivity index (χ3v) is 2.84. The first-order valence-electron chi connectivity index (χ1n) is 6.72. The smallest absolute Gasteiger partial charge is 0.316 e. The molecule has 0 bridgehead atoms. The van der Waals surface area contributed by atoms with Crippen molar-refractivity contribution >= 4 is 17.4 Å². The molecule has 0 atom stereocenters. The first-order valence-corrected chi connectivity index (χ1v) is 7.09. The van der Waals surface area contributed by atoms with Crippen molar-refractivity contribution in [1.29, 1.82) is 0 Å². The van der Waals surface area contributed by atoms with E-state index in [4.69, 9.17) is 11.6 Å². The zero-order chi connectivity index (χ0) is 16.5. The van der Waals surface area contributed by atoms with Gasteiger partial charge in [0.25, 0.3) is 0 Å². The van der Waals surface area contributed by atoms with Crippen LogP contribution in [0.5, 0.6) is 0 Å². The number of nitrogens with one attached hydrogen (secondary N) is 1. The summed E-state index contributed by atoms with van der Waals surface area (Å²) in [7, 11) is 0. The predicted molar refractivity (Wildman–Crippen MR) is 79.6 cm³/mol. The second kappa shape index (κ2) is 9.79. The van der Waals surface area contributed by atoms with E-state index in [2.05, 4.69) is 12.2 Å².